The number of piperidine rings is 1. The van der Waals surface area contributed by atoms with Crippen molar-refractivity contribution in [2.45, 2.75) is 19.3 Å². The average Bonchev–Trinajstić information content (AvgIpc) is 3.55. The second kappa shape index (κ2) is 11.1. The molecule has 0 aliphatic carbocycles. The van der Waals surface area contributed by atoms with Gasteiger partial charge in [-0.05, 0) is 44.8 Å². The van der Waals surface area contributed by atoms with Crippen molar-refractivity contribution in [3.63, 3.8) is 0 Å². The van der Waals surface area contributed by atoms with Gasteiger partial charge in [0.1, 0.15) is 10.6 Å². The number of hydrogen-bond acceptors (Lipinski definition) is 8. The quantitative estimate of drug-likeness (QED) is 0.443. The minimum absolute atomic E-state index is 0.140. The Morgan fingerprint density at radius 1 is 1.11 bits per heavy atom. The number of hydrogen-bond donors (Lipinski definition) is 1. The number of rotatable bonds is 9. The molecule has 0 radical (unpaired) electrons. The Hall–Kier alpha value is -2.75. The van der Waals surface area contributed by atoms with Crippen molar-refractivity contribution in [3.05, 3.63) is 35.7 Å². The van der Waals surface area contributed by atoms with E-state index in [1.54, 1.807) is 11.3 Å². The molecule has 0 bridgehead atoms. The number of anilines is 2. The first-order valence-electron chi connectivity index (χ1n) is 12.9. The Balaban J connectivity index is 1.40. The van der Waals surface area contributed by atoms with Gasteiger partial charge in [-0.25, -0.2) is 4.98 Å². The van der Waals surface area contributed by atoms with Crippen molar-refractivity contribution in [3.8, 4) is 11.1 Å². The molecule has 192 valence electrons. The van der Waals surface area contributed by atoms with Gasteiger partial charge in [-0.15, -0.1) is 11.3 Å². The van der Waals surface area contributed by atoms with Crippen LogP contribution in [0.4, 0.5) is 11.8 Å². The molecule has 2 aromatic heterocycles. The predicted octanol–water partition coefficient (Wildman–Crippen LogP) is 3.46. The van der Waals surface area contributed by atoms with Gasteiger partial charge in [0.05, 0.1) is 17.9 Å². The molecule has 8 nitrogen and oxygen atoms in total. The normalized spacial score (nSPS) is 19.0. The summed E-state index contributed by atoms with van der Waals surface area (Å²) in [5.41, 5.74) is 7.95. The molecule has 1 unspecified atom stereocenters. The Kier molecular flexibility index (Phi) is 7.69. The number of aromatic nitrogens is 2. The highest BCUT2D eigenvalue weighted by atomic mass is 32.1. The lowest BCUT2D eigenvalue weighted by Crippen LogP contribution is -2.36. The molecule has 2 fully saturated rings. The number of nitrogens with two attached hydrogens (primary N) is 1. The number of primary amides is 1. The first-order chi connectivity index (χ1) is 17.5. The van der Waals surface area contributed by atoms with E-state index < -0.39 is 0 Å². The number of thiophene rings is 1. The molecule has 9 heteroatoms. The van der Waals surface area contributed by atoms with Gasteiger partial charge in [-0.3, -0.25) is 4.79 Å². The van der Waals surface area contributed by atoms with Gasteiger partial charge in [-0.2, -0.15) is 4.98 Å². The molecule has 0 spiro atoms. The van der Waals surface area contributed by atoms with Crippen LogP contribution >= 0.6 is 11.3 Å². The molecule has 2 N–H and O–H groups in total. The van der Waals surface area contributed by atoms with E-state index in [9.17, 15) is 4.79 Å². The summed E-state index contributed by atoms with van der Waals surface area (Å²) in [6.07, 6.45) is 2.92. The summed E-state index contributed by atoms with van der Waals surface area (Å²) in [6.45, 7) is 5.78. The number of nitrogens with zero attached hydrogens (tertiary/aromatic N) is 5. The zero-order valence-electron chi connectivity index (χ0n) is 21.2. The lowest BCUT2D eigenvalue weighted by Gasteiger charge is -2.33. The van der Waals surface area contributed by atoms with E-state index in [1.807, 2.05) is 6.07 Å². The molecule has 2 saturated heterocycles. The molecule has 1 amide bonds. The summed E-state index contributed by atoms with van der Waals surface area (Å²) in [4.78, 5) is 29.5. The van der Waals surface area contributed by atoms with Gasteiger partial charge in [0.2, 0.25) is 11.9 Å². The highest BCUT2D eigenvalue weighted by molar-refractivity contribution is 7.17. The summed E-state index contributed by atoms with van der Waals surface area (Å²) < 4.78 is 5.95. The zero-order chi connectivity index (χ0) is 25.1. The monoisotopic (exact) mass is 508 g/mol. The summed E-state index contributed by atoms with van der Waals surface area (Å²) in [7, 11) is 4.14. The van der Waals surface area contributed by atoms with Gasteiger partial charge in [0.25, 0.3) is 0 Å². The molecule has 4 heterocycles. The van der Waals surface area contributed by atoms with E-state index in [2.05, 4.69) is 58.4 Å². The van der Waals surface area contributed by atoms with Crippen LogP contribution in [-0.4, -0.2) is 80.8 Å². The van der Waals surface area contributed by atoms with Crippen molar-refractivity contribution in [1.29, 1.82) is 0 Å². The van der Waals surface area contributed by atoms with Crippen molar-refractivity contribution in [2.24, 2.45) is 17.6 Å². The minimum Gasteiger partial charge on any atom is -0.380 e. The second-order valence-corrected chi connectivity index (χ2v) is 11.0. The van der Waals surface area contributed by atoms with Crippen molar-refractivity contribution in [2.75, 3.05) is 69.8 Å². The lowest BCUT2D eigenvalue weighted by atomic mass is 9.97. The Morgan fingerprint density at radius 2 is 1.86 bits per heavy atom. The van der Waals surface area contributed by atoms with Crippen LogP contribution in [0.25, 0.3) is 21.3 Å². The number of carbonyl (C=O) groups excluding carboxylic acids is 1. The van der Waals surface area contributed by atoms with Crippen LogP contribution in [0, 0.1) is 11.8 Å². The van der Waals surface area contributed by atoms with Crippen LogP contribution in [-0.2, 0) is 9.53 Å². The van der Waals surface area contributed by atoms with Gasteiger partial charge in [0.15, 0.2) is 0 Å². The molecular weight excluding hydrogens is 472 g/mol. The average molecular weight is 509 g/mol. The lowest BCUT2D eigenvalue weighted by molar-refractivity contribution is -0.121. The number of fused-ring (bicyclic) bond motifs is 1. The molecule has 36 heavy (non-hydrogen) atoms. The van der Waals surface area contributed by atoms with Crippen LogP contribution in [0.15, 0.2) is 35.7 Å². The molecule has 5 rings (SSSR count). The smallest absolute Gasteiger partial charge is 0.228 e. The third-order valence-electron chi connectivity index (χ3n) is 7.31. The van der Waals surface area contributed by atoms with E-state index in [0.29, 0.717) is 18.4 Å². The summed E-state index contributed by atoms with van der Waals surface area (Å²) in [6, 6.07) is 10.5. The molecule has 0 saturated carbocycles. The van der Waals surface area contributed by atoms with Gasteiger partial charge >= 0.3 is 0 Å². The molecule has 2 aliphatic heterocycles. The van der Waals surface area contributed by atoms with Crippen molar-refractivity contribution >= 4 is 39.2 Å². The fraction of sp³-hybridized carbons (Fsp3) is 0.519. The predicted molar refractivity (Wildman–Crippen MR) is 147 cm³/mol. The van der Waals surface area contributed by atoms with E-state index in [4.69, 9.17) is 20.4 Å². The largest absolute Gasteiger partial charge is 0.380 e. The first-order valence-corrected chi connectivity index (χ1v) is 13.7. The second-order valence-electron chi connectivity index (χ2n) is 10.2. The first kappa shape index (κ1) is 24.9. The third kappa shape index (κ3) is 5.48. The standard InChI is InChI=1S/C27H36N6O2S/c1-31(2)14-15-35-17-19-8-11-32(12-9-19)25-23-22(20-6-4-3-5-7-20)18-36-26(23)30-27(29-25)33-13-10-21(16-33)24(28)34/h3-7,18-19,21H,8-17H2,1-2H3,(H2,28,34). The van der Waals surface area contributed by atoms with Crippen molar-refractivity contribution < 1.29 is 9.53 Å². The van der Waals surface area contributed by atoms with Crippen LogP contribution in [0.1, 0.15) is 19.3 Å². The molecule has 2 aliphatic rings. The van der Waals surface area contributed by atoms with Gasteiger partial charge in [0, 0.05) is 50.3 Å². The maximum absolute atomic E-state index is 11.8. The molecule has 1 atom stereocenters. The summed E-state index contributed by atoms with van der Waals surface area (Å²) in [5, 5.41) is 3.32. The van der Waals surface area contributed by atoms with Gasteiger partial charge in [-0.1, -0.05) is 30.3 Å². The molecule has 3 aromatic rings. The maximum Gasteiger partial charge on any atom is 0.228 e. The number of ether oxygens (including phenoxy) is 1. The van der Waals surface area contributed by atoms with E-state index >= 15 is 0 Å². The molecular formula is C27H36N6O2S. The Labute approximate surface area is 217 Å². The highest BCUT2D eigenvalue weighted by Gasteiger charge is 2.31. The number of carbonyl (C=O) groups is 1. The number of amides is 1. The van der Waals surface area contributed by atoms with Crippen LogP contribution in [0.3, 0.4) is 0 Å². The highest BCUT2D eigenvalue weighted by Crippen LogP contribution is 2.40. The van der Waals surface area contributed by atoms with E-state index in [0.717, 1.165) is 74.7 Å². The van der Waals surface area contributed by atoms with Crippen LogP contribution in [0.5, 0.6) is 0 Å². The van der Waals surface area contributed by atoms with E-state index in [1.165, 1.54) is 11.1 Å². The minimum atomic E-state index is -0.240. The fourth-order valence-electron chi connectivity index (χ4n) is 5.10. The van der Waals surface area contributed by atoms with Crippen molar-refractivity contribution in [1.82, 2.24) is 14.9 Å². The summed E-state index contributed by atoms with van der Waals surface area (Å²) >= 11 is 1.66. The SMILES string of the molecule is CN(C)CCOCC1CCN(c2nc(N3CCC(C(N)=O)C3)nc3scc(-c4ccccc4)c23)CC1. The van der Waals surface area contributed by atoms with Crippen LogP contribution < -0.4 is 15.5 Å². The van der Waals surface area contributed by atoms with Gasteiger partial charge < -0.3 is 25.2 Å². The Bertz CT molecular complexity index is 1180. The van der Waals surface area contributed by atoms with Crippen LogP contribution in [0.2, 0.25) is 0 Å². The number of benzene rings is 1. The zero-order valence-corrected chi connectivity index (χ0v) is 22.0. The maximum atomic E-state index is 11.8. The topological polar surface area (TPSA) is 87.8 Å². The number of likely N-dealkylation sites (N-methyl/N-ethyl adjacent to an activating group) is 1. The van der Waals surface area contributed by atoms with E-state index in [-0.39, 0.29) is 11.8 Å². The third-order valence-corrected chi connectivity index (χ3v) is 8.18. The fourth-order valence-corrected chi connectivity index (χ4v) is 6.03. The molecule has 1 aromatic carbocycles. The summed E-state index contributed by atoms with van der Waals surface area (Å²) in [5.74, 6) is 1.91. The Morgan fingerprint density at radius 3 is 2.56 bits per heavy atom.